The molecule has 1 saturated heterocycles. The minimum Gasteiger partial charge on any atom is -0.406 e. The van der Waals surface area contributed by atoms with Crippen LogP contribution in [-0.2, 0) is 9.59 Å². The Bertz CT molecular complexity index is 1690. The van der Waals surface area contributed by atoms with E-state index in [9.17, 15) is 22.8 Å². The maximum absolute atomic E-state index is 13.1. The van der Waals surface area contributed by atoms with Crippen molar-refractivity contribution >= 4 is 34.4 Å². The van der Waals surface area contributed by atoms with E-state index in [1.54, 1.807) is 4.90 Å². The van der Waals surface area contributed by atoms with Crippen LogP contribution in [0.1, 0.15) is 47.9 Å². The number of nitrogens with zero attached hydrogens (tertiary/aromatic N) is 5. The second kappa shape index (κ2) is 12.7. The number of hydrogen-bond acceptors (Lipinski definition) is 6. The molecule has 3 aromatic carbocycles. The zero-order chi connectivity index (χ0) is 31.6. The first kappa shape index (κ1) is 31.0. The van der Waals surface area contributed by atoms with Gasteiger partial charge in [-0.25, -0.2) is 9.67 Å². The zero-order valence-electron chi connectivity index (χ0n) is 24.6. The Kier molecular flexibility index (Phi) is 8.91. The predicted molar refractivity (Wildman–Crippen MR) is 164 cm³/mol. The predicted octanol–water partition coefficient (Wildman–Crippen LogP) is 7.30. The highest BCUT2D eigenvalue weighted by atomic mass is 32.2. The number of aromatic nitrogens is 3. The van der Waals surface area contributed by atoms with Crippen molar-refractivity contribution in [3.63, 3.8) is 0 Å². The van der Waals surface area contributed by atoms with Gasteiger partial charge in [-0.2, -0.15) is 4.99 Å². The van der Waals surface area contributed by atoms with Crippen molar-refractivity contribution in [3.8, 4) is 22.8 Å². The molecule has 0 saturated carbocycles. The monoisotopic (exact) mass is 621 g/mol. The molecule has 0 bridgehead atoms. The molecule has 4 aromatic rings. The molecule has 44 heavy (non-hydrogen) atoms. The Labute approximate surface area is 257 Å². The number of anilines is 1. The van der Waals surface area contributed by atoms with Crippen molar-refractivity contribution in [1.29, 1.82) is 0 Å². The van der Waals surface area contributed by atoms with Gasteiger partial charge in [0.2, 0.25) is 11.8 Å². The third-order valence-corrected chi connectivity index (χ3v) is 8.15. The summed E-state index contributed by atoms with van der Waals surface area (Å²) in [7, 11) is 0. The lowest BCUT2D eigenvalue weighted by Gasteiger charge is -2.21. The second-order valence-corrected chi connectivity index (χ2v) is 11.5. The molecule has 0 radical (unpaired) electrons. The molecular weight excluding hydrogens is 591 g/mol. The molecular formula is C32H30F3N5O3S. The highest BCUT2D eigenvalue weighted by Gasteiger charge is 2.33. The molecule has 1 aliphatic heterocycles. The number of alkyl halides is 3. The number of hydrogen-bond donors (Lipinski definition) is 0. The van der Waals surface area contributed by atoms with E-state index >= 15 is 0 Å². The van der Waals surface area contributed by atoms with Crippen LogP contribution in [0.15, 0.2) is 72.0 Å². The van der Waals surface area contributed by atoms with E-state index in [0.717, 1.165) is 33.5 Å². The fraction of sp³-hybridized carbons (Fsp3) is 0.281. The maximum atomic E-state index is 13.1. The molecule has 2 amide bonds. The van der Waals surface area contributed by atoms with E-state index in [4.69, 9.17) is 0 Å². The number of amides is 2. The van der Waals surface area contributed by atoms with Crippen LogP contribution in [0, 0.1) is 20.8 Å². The topological polar surface area (TPSA) is 89.7 Å². The molecule has 0 N–H and O–H groups in total. The van der Waals surface area contributed by atoms with Crippen molar-refractivity contribution in [2.45, 2.75) is 52.8 Å². The Morgan fingerprint density at radius 2 is 1.70 bits per heavy atom. The average Bonchev–Trinajstić information content (AvgIpc) is 3.59. The van der Waals surface area contributed by atoms with Crippen LogP contribution in [0.25, 0.3) is 17.1 Å². The molecule has 5 rings (SSSR count). The standard InChI is InChI=1S/C32H30F3N5O3S/c1-5-22(16-27(41)37-31-40(28(42)17-44-31)29-20(3)14-19(2)15-21(29)4)23-6-8-24(9-7-23)30-36-18-39(38-30)25-10-12-26(13-11-25)43-32(33,34)35/h6-15,18,22H,5,16-17H2,1-4H3. The van der Waals surface area contributed by atoms with Crippen molar-refractivity contribution in [1.82, 2.24) is 14.8 Å². The van der Waals surface area contributed by atoms with E-state index in [1.807, 2.05) is 64.1 Å². The van der Waals surface area contributed by atoms with E-state index in [0.29, 0.717) is 23.1 Å². The first-order valence-corrected chi connectivity index (χ1v) is 14.9. The van der Waals surface area contributed by atoms with Gasteiger partial charge in [0.25, 0.3) is 0 Å². The van der Waals surface area contributed by atoms with Gasteiger partial charge in [-0.3, -0.25) is 14.5 Å². The fourth-order valence-electron chi connectivity index (χ4n) is 5.28. The number of aliphatic imine (C=N–C) groups is 1. The molecule has 228 valence electrons. The third-order valence-electron chi connectivity index (χ3n) is 7.23. The van der Waals surface area contributed by atoms with Gasteiger partial charge in [-0.15, -0.1) is 18.3 Å². The zero-order valence-corrected chi connectivity index (χ0v) is 25.4. The Hall–Kier alpha value is -4.45. The van der Waals surface area contributed by atoms with E-state index in [-0.39, 0.29) is 35.7 Å². The number of carbonyl (C=O) groups is 2. The summed E-state index contributed by atoms with van der Waals surface area (Å²) in [5.41, 5.74) is 6.02. The first-order chi connectivity index (χ1) is 20.9. The number of rotatable bonds is 8. The molecule has 1 unspecified atom stereocenters. The molecule has 12 heteroatoms. The molecule has 0 spiro atoms. The summed E-state index contributed by atoms with van der Waals surface area (Å²) in [6.45, 7) is 7.92. The second-order valence-electron chi connectivity index (χ2n) is 10.5. The van der Waals surface area contributed by atoms with Gasteiger partial charge in [0.1, 0.15) is 12.1 Å². The summed E-state index contributed by atoms with van der Waals surface area (Å²) in [6.07, 6.45) is -2.38. The highest BCUT2D eigenvalue weighted by Crippen LogP contribution is 2.34. The minimum atomic E-state index is -4.76. The maximum Gasteiger partial charge on any atom is 0.573 e. The van der Waals surface area contributed by atoms with Crippen LogP contribution >= 0.6 is 11.8 Å². The van der Waals surface area contributed by atoms with Gasteiger partial charge in [0.15, 0.2) is 11.0 Å². The Morgan fingerprint density at radius 3 is 2.32 bits per heavy atom. The number of halogens is 3. The largest absolute Gasteiger partial charge is 0.573 e. The minimum absolute atomic E-state index is 0.0812. The summed E-state index contributed by atoms with van der Waals surface area (Å²) in [5.74, 6) is -0.120. The normalized spacial score (nSPS) is 15.2. The van der Waals surface area contributed by atoms with Gasteiger partial charge in [0, 0.05) is 12.0 Å². The summed E-state index contributed by atoms with van der Waals surface area (Å²) in [5, 5.41) is 4.85. The average molecular weight is 622 g/mol. The number of amidine groups is 1. The van der Waals surface area contributed by atoms with Gasteiger partial charge in [-0.05, 0) is 74.1 Å². The van der Waals surface area contributed by atoms with Crippen LogP contribution in [-0.4, -0.2) is 43.9 Å². The molecule has 1 aliphatic rings. The van der Waals surface area contributed by atoms with Gasteiger partial charge >= 0.3 is 6.36 Å². The number of carbonyl (C=O) groups excluding carboxylic acids is 2. The van der Waals surface area contributed by atoms with Crippen LogP contribution in [0.2, 0.25) is 0 Å². The number of thioether (sulfide) groups is 1. The van der Waals surface area contributed by atoms with Gasteiger partial charge < -0.3 is 4.74 Å². The van der Waals surface area contributed by atoms with Crippen LogP contribution in [0.5, 0.6) is 5.75 Å². The quantitative estimate of drug-likeness (QED) is 0.205. The molecule has 0 aliphatic carbocycles. The van der Waals surface area contributed by atoms with E-state index < -0.39 is 6.36 Å². The highest BCUT2D eigenvalue weighted by molar-refractivity contribution is 8.15. The fourth-order valence-corrected chi connectivity index (χ4v) is 6.15. The molecule has 1 atom stereocenters. The lowest BCUT2D eigenvalue weighted by molar-refractivity contribution is -0.274. The summed E-state index contributed by atoms with van der Waals surface area (Å²) < 4.78 is 42.7. The SMILES string of the molecule is CCC(CC(=O)N=C1SCC(=O)N1c1c(C)cc(C)cc1C)c1ccc(-c2ncn(-c3ccc(OC(F)(F)F)cc3)n2)cc1. The van der Waals surface area contributed by atoms with Crippen LogP contribution < -0.4 is 9.64 Å². The summed E-state index contributed by atoms with van der Waals surface area (Å²) in [4.78, 5) is 36.2. The molecule has 8 nitrogen and oxygen atoms in total. The van der Waals surface area contributed by atoms with Crippen LogP contribution in [0.3, 0.4) is 0 Å². The molecule has 1 fully saturated rings. The summed E-state index contributed by atoms with van der Waals surface area (Å²) in [6, 6.07) is 16.9. The van der Waals surface area contributed by atoms with Crippen molar-refractivity contribution in [2.75, 3.05) is 10.7 Å². The van der Waals surface area contributed by atoms with E-state index in [1.165, 1.54) is 47.0 Å². The van der Waals surface area contributed by atoms with Crippen LogP contribution in [0.4, 0.5) is 18.9 Å². The Morgan fingerprint density at radius 1 is 1.05 bits per heavy atom. The van der Waals surface area contributed by atoms with Gasteiger partial charge in [0.05, 0.1) is 17.1 Å². The Balaban J connectivity index is 1.27. The molecule has 1 aromatic heterocycles. The molecule has 2 heterocycles. The first-order valence-electron chi connectivity index (χ1n) is 13.9. The van der Waals surface area contributed by atoms with Crippen molar-refractivity contribution in [2.24, 2.45) is 4.99 Å². The smallest absolute Gasteiger partial charge is 0.406 e. The number of aryl methyl sites for hydroxylation is 3. The van der Waals surface area contributed by atoms with Crippen molar-refractivity contribution in [3.05, 3.63) is 89.2 Å². The van der Waals surface area contributed by atoms with Gasteiger partial charge in [-0.1, -0.05) is 60.6 Å². The van der Waals surface area contributed by atoms with Crippen molar-refractivity contribution < 1.29 is 27.5 Å². The lowest BCUT2D eigenvalue weighted by atomic mass is 9.92. The number of benzene rings is 3. The number of ether oxygens (including phenoxy) is 1. The van der Waals surface area contributed by atoms with E-state index in [2.05, 4.69) is 19.8 Å². The lowest BCUT2D eigenvalue weighted by Crippen LogP contribution is -2.31. The summed E-state index contributed by atoms with van der Waals surface area (Å²) >= 11 is 1.27. The third kappa shape index (κ3) is 7.02.